The third-order valence-electron chi connectivity index (χ3n) is 6.60. The molecule has 0 N–H and O–H groups in total. The van der Waals surface area contributed by atoms with Crippen molar-refractivity contribution in [2.45, 2.75) is 12.5 Å². The fourth-order valence-electron chi connectivity index (χ4n) is 4.87. The molecule has 0 bridgehead atoms. The van der Waals surface area contributed by atoms with Gasteiger partial charge in [0.1, 0.15) is 6.04 Å². The zero-order valence-electron chi connectivity index (χ0n) is 20.8. The van der Waals surface area contributed by atoms with Crippen molar-refractivity contribution >= 4 is 49.1 Å². The fraction of sp³-hybridized carbons (Fsp3) is 0.0606. The Morgan fingerprint density at radius 3 is 1.50 bits per heavy atom. The van der Waals surface area contributed by atoms with Crippen LogP contribution in [0.2, 0.25) is 0 Å². The van der Waals surface area contributed by atoms with E-state index in [9.17, 15) is 4.79 Å². The monoisotopic (exact) mass is 531 g/mol. The van der Waals surface area contributed by atoms with E-state index >= 15 is 0 Å². The Morgan fingerprint density at radius 2 is 1.00 bits per heavy atom. The molecule has 0 aromatic heterocycles. The van der Waals surface area contributed by atoms with Crippen molar-refractivity contribution in [1.29, 1.82) is 0 Å². The van der Waals surface area contributed by atoms with Crippen molar-refractivity contribution in [2.24, 2.45) is 0 Å². The van der Waals surface area contributed by atoms with E-state index in [2.05, 4.69) is 77.5 Å². The van der Waals surface area contributed by atoms with E-state index in [4.69, 9.17) is 4.52 Å². The van der Waals surface area contributed by atoms with Crippen LogP contribution in [0.3, 0.4) is 0 Å². The van der Waals surface area contributed by atoms with Gasteiger partial charge in [0, 0.05) is 33.3 Å². The molecular formula is C33H27NO2P2. The fourth-order valence-corrected chi connectivity index (χ4v) is 9.13. The van der Waals surface area contributed by atoms with Gasteiger partial charge in [-0.3, -0.25) is 0 Å². The lowest BCUT2D eigenvalue weighted by Gasteiger charge is -2.35. The Balaban J connectivity index is 1.42. The molecule has 0 saturated carbocycles. The highest BCUT2D eigenvalue weighted by Gasteiger charge is 2.41. The van der Waals surface area contributed by atoms with E-state index in [-0.39, 0.29) is 5.97 Å². The van der Waals surface area contributed by atoms with Crippen LogP contribution < -0.4 is 25.9 Å². The second-order valence-electron chi connectivity index (χ2n) is 9.05. The highest BCUT2D eigenvalue weighted by molar-refractivity contribution is 7.74. The van der Waals surface area contributed by atoms with E-state index in [1.807, 2.05) is 72.8 Å². The second kappa shape index (κ2) is 11.3. The molecule has 5 aromatic carbocycles. The summed E-state index contributed by atoms with van der Waals surface area (Å²) in [5.41, 5.74) is 2.29. The van der Waals surface area contributed by atoms with Crippen molar-refractivity contribution in [3.63, 3.8) is 0 Å². The van der Waals surface area contributed by atoms with Crippen LogP contribution in [-0.4, -0.2) is 12.0 Å². The number of para-hydroxylation sites is 1. The molecule has 5 aromatic rings. The van der Waals surface area contributed by atoms with Gasteiger partial charge >= 0.3 is 5.97 Å². The number of carbonyl (C=O) groups is 1. The maximum Gasteiger partial charge on any atom is 0.332 e. The molecule has 1 aliphatic heterocycles. The predicted octanol–water partition coefficient (Wildman–Crippen LogP) is 6.06. The second-order valence-corrected chi connectivity index (χ2v) is 12.9. The zero-order valence-corrected chi connectivity index (χ0v) is 22.6. The Bertz CT molecular complexity index is 1420. The molecule has 1 aliphatic rings. The molecule has 38 heavy (non-hydrogen) atoms. The molecule has 0 spiro atoms. The van der Waals surface area contributed by atoms with Crippen LogP contribution in [0.1, 0.15) is 5.56 Å². The van der Waals surface area contributed by atoms with Crippen molar-refractivity contribution in [2.75, 3.05) is 4.67 Å². The average Bonchev–Trinajstić information content (AvgIpc) is 3.37. The Morgan fingerprint density at radius 1 is 0.579 bits per heavy atom. The predicted molar refractivity (Wildman–Crippen MR) is 161 cm³/mol. The molecule has 0 unspecified atom stereocenters. The molecule has 1 atom stereocenters. The number of carbonyl (C=O) groups excluding carboxylic acids is 1. The number of rotatable bonds is 7. The van der Waals surface area contributed by atoms with Gasteiger partial charge in [-0.25, -0.2) is 4.79 Å². The van der Waals surface area contributed by atoms with Gasteiger partial charge in [0.25, 0.3) is 0 Å². The highest BCUT2D eigenvalue weighted by Crippen LogP contribution is 2.50. The van der Waals surface area contributed by atoms with Gasteiger partial charge in [0.05, 0.1) is 8.07 Å². The van der Waals surface area contributed by atoms with Gasteiger partial charge in [-0.1, -0.05) is 140 Å². The minimum absolute atomic E-state index is 0.181. The van der Waals surface area contributed by atoms with Crippen LogP contribution >= 0.6 is 16.2 Å². The SMILES string of the molecule is O=C(OP(c1ccccc1)c1ccccc1)[C@@H]1Cc2ccccc2N1P(c1ccccc1)c1ccccc1. The third-order valence-corrected chi connectivity index (χ3v) is 11.0. The normalized spacial score (nSPS) is 14.5. The first-order chi connectivity index (χ1) is 18.8. The molecule has 3 nitrogen and oxygen atoms in total. The van der Waals surface area contributed by atoms with Gasteiger partial charge in [-0.2, -0.15) is 0 Å². The lowest BCUT2D eigenvalue weighted by Crippen LogP contribution is -2.41. The van der Waals surface area contributed by atoms with Crippen molar-refractivity contribution in [1.82, 2.24) is 0 Å². The molecule has 5 heteroatoms. The lowest BCUT2D eigenvalue weighted by atomic mass is 10.1. The summed E-state index contributed by atoms with van der Waals surface area (Å²) < 4.78 is 8.82. The van der Waals surface area contributed by atoms with Crippen LogP contribution in [0.5, 0.6) is 0 Å². The standard InChI is InChI=1S/C33H27NO2P2/c35-33(36-38(29-20-9-3-10-21-29)30-22-11-4-12-23-30)32-25-26-15-13-14-24-31(26)34(32)37(27-16-5-1-6-17-27)28-18-7-2-8-19-28/h1-24,32H,25H2/t32-/m0/s1. The average molecular weight is 532 g/mol. The van der Waals surface area contributed by atoms with Crippen molar-refractivity contribution < 1.29 is 9.32 Å². The molecule has 0 saturated heterocycles. The summed E-state index contributed by atoms with van der Waals surface area (Å²) in [5, 5.41) is 4.46. The van der Waals surface area contributed by atoms with Crippen LogP contribution in [0.4, 0.5) is 5.69 Å². The smallest absolute Gasteiger partial charge is 0.332 e. The number of hydrogen-bond donors (Lipinski definition) is 0. The van der Waals surface area contributed by atoms with E-state index in [0.29, 0.717) is 6.42 Å². The number of hydrogen-bond acceptors (Lipinski definition) is 3. The van der Waals surface area contributed by atoms with Gasteiger partial charge in [0.15, 0.2) is 8.15 Å². The minimum Gasteiger partial charge on any atom is -0.433 e. The Labute approximate surface area is 226 Å². The summed E-state index contributed by atoms with van der Waals surface area (Å²) in [4.78, 5) is 14.2. The zero-order chi connectivity index (χ0) is 25.7. The molecule has 0 aliphatic carbocycles. The first-order valence-electron chi connectivity index (χ1n) is 12.7. The molecule has 1 heterocycles. The Hall–Kier alpha value is -3.77. The lowest BCUT2D eigenvalue weighted by molar-refractivity contribution is -0.134. The largest absolute Gasteiger partial charge is 0.433 e. The topological polar surface area (TPSA) is 29.5 Å². The van der Waals surface area contributed by atoms with Gasteiger partial charge in [-0.05, 0) is 11.6 Å². The van der Waals surface area contributed by atoms with Crippen LogP contribution in [0.25, 0.3) is 0 Å². The van der Waals surface area contributed by atoms with Crippen LogP contribution in [0.15, 0.2) is 146 Å². The third kappa shape index (κ3) is 5.01. The quantitative estimate of drug-likeness (QED) is 0.239. The van der Waals surface area contributed by atoms with Gasteiger partial charge < -0.3 is 9.19 Å². The summed E-state index contributed by atoms with van der Waals surface area (Å²) in [6.45, 7) is 0. The van der Waals surface area contributed by atoms with Crippen LogP contribution in [-0.2, 0) is 15.7 Å². The first kappa shape index (κ1) is 24.6. The summed E-state index contributed by atoms with van der Waals surface area (Å²) in [6, 6.07) is 49.2. The molecule has 0 radical (unpaired) electrons. The maximum absolute atomic E-state index is 14.2. The van der Waals surface area contributed by atoms with E-state index in [0.717, 1.165) is 16.3 Å². The summed E-state index contributed by atoms with van der Waals surface area (Å²) in [6.07, 6.45) is 0.625. The summed E-state index contributed by atoms with van der Waals surface area (Å²) >= 11 is 0. The van der Waals surface area contributed by atoms with E-state index in [1.165, 1.54) is 16.2 Å². The van der Waals surface area contributed by atoms with E-state index < -0.39 is 22.3 Å². The first-order valence-corrected chi connectivity index (χ1v) is 15.2. The van der Waals surface area contributed by atoms with E-state index in [1.54, 1.807) is 0 Å². The molecule has 186 valence electrons. The van der Waals surface area contributed by atoms with Crippen molar-refractivity contribution in [3.05, 3.63) is 151 Å². The summed E-state index contributed by atoms with van der Waals surface area (Å²) in [5.74, 6) is -0.181. The Kier molecular flexibility index (Phi) is 7.31. The highest BCUT2D eigenvalue weighted by atomic mass is 31.1. The number of anilines is 1. The van der Waals surface area contributed by atoms with Crippen molar-refractivity contribution in [3.8, 4) is 0 Å². The molecular weight excluding hydrogens is 504 g/mol. The van der Waals surface area contributed by atoms with Gasteiger partial charge in [0.2, 0.25) is 0 Å². The molecule has 0 amide bonds. The number of fused-ring (bicyclic) bond motifs is 1. The minimum atomic E-state index is -1.30. The molecule has 0 fully saturated rings. The summed E-state index contributed by atoms with van der Waals surface area (Å²) in [7, 11) is -2.30. The molecule has 6 rings (SSSR count). The number of nitrogens with zero attached hydrogens (tertiary/aromatic N) is 1. The van der Waals surface area contributed by atoms with Crippen LogP contribution in [0, 0.1) is 0 Å². The number of benzene rings is 5. The van der Waals surface area contributed by atoms with Gasteiger partial charge in [-0.15, -0.1) is 0 Å². The maximum atomic E-state index is 14.2.